The summed E-state index contributed by atoms with van der Waals surface area (Å²) >= 11 is 1.77. The molecule has 0 aliphatic rings. The minimum Gasteiger partial charge on any atom is -0.330 e. The van der Waals surface area contributed by atoms with E-state index in [1.807, 2.05) is 6.07 Å². The van der Waals surface area contributed by atoms with Crippen molar-refractivity contribution in [1.29, 1.82) is 0 Å². The number of para-hydroxylation sites is 1. The van der Waals surface area contributed by atoms with Gasteiger partial charge in [0.2, 0.25) is 0 Å². The molecule has 2 nitrogen and oxygen atoms in total. The Morgan fingerprint density at radius 1 is 0.950 bits per heavy atom. The maximum absolute atomic E-state index is 5.58. The fourth-order valence-corrected chi connectivity index (χ4v) is 3.42. The largest absolute Gasteiger partial charge is 0.330 e. The molecule has 20 heavy (non-hydrogen) atoms. The SMILES string of the molecule is NCCCCc1ccccc1-c1nc2ccccc2s1. The first kappa shape index (κ1) is 13.3. The standard InChI is InChI=1S/C17H18N2S/c18-12-6-5-8-13-7-1-2-9-14(13)17-19-15-10-3-4-11-16(15)20-17/h1-4,7,9-11H,5-6,8,12,18H2. The maximum atomic E-state index is 5.58. The Kier molecular flexibility index (Phi) is 4.09. The predicted molar refractivity (Wildman–Crippen MR) is 87.0 cm³/mol. The Morgan fingerprint density at radius 3 is 2.60 bits per heavy atom. The van der Waals surface area contributed by atoms with Crippen LogP contribution in [-0.4, -0.2) is 11.5 Å². The van der Waals surface area contributed by atoms with Crippen LogP contribution in [0.2, 0.25) is 0 Å². The lowest BCUT2D eigenvalue weighted by molar-refractivity contribution is 0.745. The molecular weight excluding hydrogens is 264 g/mol. The van der Waals surface area contributed by atoms with Gasteiger partial charge >= 0.3 is 0 Å². The summed E-state index contributed by atoms with van der Waals surface area (Å²) in [7, 11) is 0. The summed E-state index contributed by atoms with van der Waals surface area (Å²) in [5.74, 6) is 0. The number of hydrogen-bond donors (Lipinski definition) is 1. The van der Waals surface area contributed by atoms with Gasteiger partial charge in [-0.15, -0.1) is 11.3 Å². The van der Waals surface area contributed by atoms with Gasteiger partial charge in [-0.25, -0.2) is 4.98 Å². The number of benzene rings is 2. The molecule has 2 N–H and O–H groups in total. The van der Waals surface area contributed by atoms with Gasteiger partial charge < -0.3 is 5.73 Å². The average molecular weight is 282 g/mol. The molecule has 0 atom stereocenters. The van der Waals surface area contributed by atoms with E-state index in [4.69, 9.17) is 10.7 Å². The Balaban J connectivity index is 1.96. The van der Waals surface area contributed by atoms with Gasteiger partial charge in [-0.1, -0.05) is 36.4 Å². The first-order valence-electron chi connectivity index (χ1n) is 7.02. The number of nitrogens with two attached hydrogens (primary N) is 1. The van der Waals surface area contributed by atoms with E-state index < -0.39 is 0 Å². The van der Waals surface area contributed by atoms with Crippen molar-refractivity contribution in [2.45, 2.75) is 19.3 Å². The summed E-state index contributed by atoms with van der Waals surface area (Å²) in [6.45, 7) is 0.767. The second-order valence-electron chi connectivity index (χ2n) is 4.89. The van der Waals surface area contributed by atoms with E-state index in [-0.39, 0.29) is 0 Å². The van der Waals surface area contributed by atoms with E-state index in [0.29, 0.717) is 0 Å². The molecule has 0 spiro atoms. The van der Waals surface area contributed by atoms with Crippen LogP contribution in [0.4, 0.5) is 0 Å². The average Bonchev–Trinajstić information content (AvgIpc) is 2.92. The van der Waals surface area contributed by atoms with Gasteiger partial charge in [0, 0.05) is 5.56 Å². The summed E-state index contributed by atoms with van der Waals surface area (Å²) in [5, 5.41) is 1.12. The van der Waals surface area contributed by atoms with Crippen LogP contribution in [0.15, 0.2) is 48.5 Å². The molecule has 0 fully saturated rings. The van der Waals surface area contributed by atoms with E-state index >= 15 is 0 Å². The van der Waals surface area contributed by atoms with Crippen molar-refractivity contribution in [2.24, 2.45) is 5.73 Å². The lowest BCUT2D eigenvalue weighted by Crippen LogP contribution is -1.99. The number of rotatable bonds is 5. The Morgan fingerprint density at radius 2 is 1.75 bits per heavy atom. The van der Waals surface area contributed by atoms with Gasteiger partial charge in [-0.2, -0.15) is 0 Å². The molecule has 3 heteroatoms. The summed E-state index contributed by atoms with van der Waals surface area (Å²) in [5.41, 5.74) is 9.31. The van der Waals surface area contributed by atoms with Crippen LogP contribution in [0.1, 0.15) is 18.4 Å². The zero-order chi connectivity index (χ0) is 13.8. The summed E-state index contributed by atoms with van der Waals surface area (Å²) < 4.78 is 1.25. The first-order chi connectivity index (χ1) is 9.88. The summed E-state index contributed by atoms with van der Waals surface area (Å²) in [6, 6.07) is 16.9. The molecule has 1 aromatic heterocycles. The molecule has 0 radical (unpaired) electrons. The smallest absolute Gasteiger partial charge is 0.124 e. The molecule has 3 rings (SSSR count). The maximum Gasteiger partial charge on any atom is 0.124 e. The number of aromatic nitrogens is 1. The van der Waals surface area contributed by atoms with Gasteiger partial charge in [-0.3, -0.25) is 0 Å². The number of thiazole rings is 1. The third-order valence-electron chi connectivity index (χ3n) is 3.44. The van der Waals surface area contributed by atoms with E-state index in [1.165, 1.54) is 15.8 Å². The topological polar surface area (TPSA) is 38.9 Å². The molecule has 0 amide bonds. The minimum atomic E-state index is 0.767. The third kappa shape index (κ3) is 2.74. The lowest BCUT2D eigenvalue weighted by Gasteiger charge is -2.06. The lowest BCUT2D eigenvalue weighted by atomic mass is 10.0. The molecule has 0 saturated carbocycles. The van der Waals surface area contributed by atoms with Gasteiger partial charge in [0.1, 0.15) is 5.01 Å². The number of nitrogens with zero attached hydrogens (tertiary/aromatic N) is 1. The highest BCUT2D eigenvalue weighted by molar-refractivity contribution is 7.21. The molecule has 3 aromatic rings. The van der Waals surface area contributed by atoms with E-state index in [2.05, 4.69) is 42.5 Å². The summed E-state index contributed by atoms with van der Waals surface area (Å²) in [4.78, 5) is 4.77. The molecule has 2 aromatic carbocycles. The third-order valence-corrected chi connectivity index (χ3v) is 4.51. The van der Waals surface area contributed by atoms with E-state index in [0.717, 1.165) is 36.3 Å². The highest BCUT2D eigenvalue weighted by Crippen LogP contribution is 2.32. The van der Waals surface area contributed by atoms with Gasteiger partial charge in [0.15, 0.2) is 0 Å². The van der Waals surface area contributed by atoms with Gasteiger partial charge in [-0.05, 0) is 43.5 Å². The Labute approximate surface area is 123 Å². The van der Waals surface area contributed by atoms with Crippen LogP contribution in [0.25, 0.3) is 20.8 Å². The quantitative estimate of drug-likeness (QED) is 0.711. The normalized spacial score (nSPS) is 11.1. The number of hydrogen-bond acceptors (Lipinski definition) is 3. The number of aryl methyl sites for hydroxylation is 1. The van der Waals surface area contributed by atoms with Crippen molar-refractivity contribution < 1.29 is 0 Å². The second kappa shape index (κ2) is 6.16. The van der Waals surface area contributed by atoms with Crippen molar-refractivity contribution in [3.05, 3.63) is 54.1 Å². The zero-order valence-electron chi connectivity index (χ0n) is 11.4. The first-order valence-corrected chi connectivity index (χ1v) is 7.84. The minimum absolute atomic E-state index is 0.767. The van der Waals surface area contributed by atoms with E-state index in [1.54, 1.807) is 11.3 Å². The monoisotopic (exact) mass is 282 g/mol. The Bertz CT molecular complexity index is 670. The van der Waals surface area contributed by atoms with E-state index in [9.17, 15) is 0 Å². The molecule has 0 saturated heterocycles. The molecule has 0 bridgehead atoms. The Hall–Kier alpha value is -1.71. The fraction of sp³-hybridized carbons (Fsp3) is 0.235. The highest BCUT2D eigenvalue weighted by atomic mass is 32.1. The van der Waals surface area contributed by atoms with Crippen LogP contribution in [0.3, 0.4) is 0 Å². The van der Waals surface area contributed by atoms with Gasteiger partial charge in [0.25, 0.3) is 0 Å². The van der Waals surface area contributed by atoms with Crippen molar-refractivity contribution in [2.75, 3.05) is 6.54 Å². The fourth-order valence-electron chi connectivity index (χ4n) is 2.39. The summed E-state index contributed by atoms with van der Waals surface area (Å²) in [6.07, 6.45) is 3.29. The molecule has 0 aliphatic heterocycles. The van der Waals surface area contributed by atoms with Crippen molar-refractivity contribution in [3.8, 4) is 10.6 Å². The molecule has 0 unspecified atom stereocenters. The highest BCUT2D eigenvalue weighted by Gasteiger charge is 2.09. The van der Waals surface area contributed by atoms with Crippen LogP contribution >= 0.6 is 11.3 Å². The number of fused-ring (bicyclic) bond motifs is 1. The second-order valence-corrected chi connectivity index (χ2v) is 5.92. The van der Waals surface area contributed by atoms with Crippen molar-refractivity contribution in [3.63, 3.8) is 0 Å². The molecule has 0 aliphatic carbocycles. The molecular formula is C17H18N2S. The zero-order valence-corrected chi connectivity index (χ0v) is 12.2. The van der Waals surface area contributed by atoms with Crippen LogP contribution in [-0.2, 0) is 6.42 Å². The molecule has 1 heterocycles. The van der Waals surface area contributed by atoms with Crippen LogP contribution < -0.4 is 5.73 Å². The molecule has 102 valence electrons. The predicted octanol–water partition coefficient (Wildman–Crippen LogP) is 4.24. The number of unbranched alkanes of at least 4 members (excludes halogenated alkanes) is 1. The van der Waals surface area contributed by atoms with Crippen LogP contribution in [0, 0.1) is 0 Å². The van der Waals surface area contributed by atoms with Crippen LogP contribution in [0.5, 0.6) is 0 Å². The van der Waals surface area contributed by atoms with Crippen molar-refractivity contribution >= 4 is 21.6 Å². The van der Waals surface area contributed by atoms with Crippen molar-refractivity contribution in [1.82, 2.24) is 4.98 Å². The van der Waals surface area contributed by atoms with Gasteiger partial charge in [0.05, 0.1) is 10.2 Å².